The molecule has 1 unspecified atom stereocenters. The lowest BCUT2D eigenvalue weighted by Crippen LogP contribution is -2.17. The van der Waals surface area contributed by atoms with Gasteiger partial charge in [0.2, 0.25) is 0 Å². The number of carbonyl (C=O) groups excluding carboxylic acids is 2. The number of aliphatic hydroxyl groups excluding tert-OH is 1. The highest BCUT2D eigenvalue weighted by molar-refractivity contribution is 14.1. The molecular formula is C10H9IO3. The number of ketones is 1. The molecule has 0 aromatic heterocycles. The molecule has 0 aliphatic rings. The summed E-state index contributed by atoms with van der Waals surface area (Å²) >= 11 is 1.93. The van der Waals surface area contributed by atoms with Crippen molar-refractivity contribution in [2.75, 3.05) is 0 Å². The van der Waals surface area contributed by atoms with Crippen LogP contribution >= 0.6 is 22.6 Å². The second-order valence-electron chi connectivity index (χ2n) is 2.87. The van der Waals surface area contributed by atoms with Gasteiger partial charge in [-0.2, -0.15) is 0 Å². The number of benzene rings is 1. The van der Waals surface area contributed by atoms with E-state index < -0.39 is 6.10 Å². The van der Waals surface area contributed by atoms with Gasteiger partial charge in [0, 0.05) is 14.7 Å². The van der Waals surface area contributed by atoms with Crippen LogP contribution < -0.4 is 0 Å². The highest BCUT2D eigenvalue weighted by atomic mass is 127. The maximum absolute atomic E-state index is 11.5. The molecule has 14 heavy (non-hydrogen) atoms. The zero-order chi connectivity index (χ0) is 10.7. The zero-order valence-corrected chi connectivity index (χ0v) is 9.69. The van der Waals surface area contributed by atoms with Crippen LogP contribution in [0.3, 0.4) is 0 Å². The number of halogens is 1. The summed E-state index contributed by atoms with van der Waals surface area (Å²) in [5.41, 5.74) is 0.863. The van der Waals surface area contributed by atoms with E-state index in [0.29, 0.717) is 21.0 Å². The highest BCUT2D eigenvalue weighted by Gasteiger charge is 2.16. The zero-order valence-electron chi connectivity index (χ0n) is 7.53. The number of carbonyl (C=O) groups is 2. The van der Waals surface area contributed by atoms with Crippen LogP contribution in [0.2, 0.25) is 0 Å². The molecule has 1 aromatic rings. The Balaban J connectivity index is 3.22. The smallest absolute Gasteiger partial charge is 0.192 e. The Kier molecular flexibility index (Phi) is 3.77. The molecule has 1 aromatic carbocycles. The molecule has 0 amide bonds. The number of rotatable bonds is 3. The lowest BCUT2D eigenvalue weighted by molar-refractivity contribution is 0.0778. The van der Waals surface area contributed by atoms with Crippen LogP contribution in [-0.2, 0) is 0 Å². The molecule has 4 heteroatoms. The molecular weight excluding hydrogens is 295 g/mol. The number of aldehydes is 1. The number of hydrogen-bond acceptors (Lipinski definition) is 3. The van der Waals surface area contributed by atoms with Gasteiger partial charge in [0.1, 0.15) is 6.10 Å². The Morgan fingerprint density at radius 1 is 1.57 bits per heavy atom. The van der Waals surface area contributed by atoms with E-state index in [2.05, 4.69) is 0 Å². The minimum absolute atomic E-state index is 0.363. The van der Waals surface area contributed by atoms with Gasteiger partial charge in [-0.15, -0.1) is 0 Å². The molecule has 0 bridgehead atoms. The second kappa shape index (κ2) is 4.65. The maximum atomic E-state index is 11.5. The van der Waals surface area contributed by atoms with Gasteiger partial charge in [0.25, 0.3) is 0 Å². The number of aliphatic hydroxyl groups is 1. The molecule has 1 atom stereocenters. The van der Waals surface area contributed by atoms with E-state index in [-0.39, 0.29) is 5.78 Å². The third-order valence-corrected chi connectivity index (χ3v) is 3.00. The third kappa shape index (κ3) is 2.19. The average Bonchev–Trinajstić information content (AvgIpc) is 2.17. The van der Waals surface area contributed by atoms with E-state index in [4.69, 9.17) is 5.11 Å². The molecule has 0 radical (unpaired) electrons. The average molecular weight is 304 g/mol. The van der Waals surface area contributed by atoms with Crippen molar-refractivity contribution in [3.63, 3.8) is 0 Å². The standard InChI is InChI=1S/C10H9IO3/c1-6(13)10(14)8-4-2-3-7(5-12)9(8)11/h2-6,13H,1H3. The molecule has 1 N–H and O–H groups in total. The molecule has 0 aliphatic carbocycles. The Bertz CT molecular complexity index is 372. The van der Waals surface area contributed by atoms with Gasteiger partial charge in [0.15, 0.2) is 12.1 Å². The van der Waals surface area contributed by atoms with Gasteiger partial charge in [-0.3, -0.25) is 9.59 Å². The number of Topliss-reactive ketones (excluding diaryl/α,β-unsaturated/α-hetero) is 1. The minimum Gasteiger partial charge on any atom is -0.385 e. The van der Waals surface area contributed by atoms with Crippen molar-refractivity contribution in [1.29, 1.82) is 0 Å². The van der Waals surface area contributed by atoms with E-state index in [1.54, 1.807) is 18.2 Å². The quantitative estimate of drug-likeness (QED) is 0.525. The van der Waals surface area contributed by atoms with Crippen LogP contribution in [0.25, 0.3) is 0 Å². The van der Waals surface area contributed by atoms with E-state index in [1.807, 2.05) is 22.6 Å². The van der Waals surface area contributed by atoms with E-state index in [1.165, 1.54) is 6.92 Å². The summed E-state index contributed by atoms with van der Waals surface area (Å²) in [7, 11) is 0. The summed E-state index contributed by atoms with van der Waals surface area (Å²) in [5, 5.41) is 9.12. The third-order valence-electron chi connectivity index (χ3n) is 1.80. The first-order valence-electron chi connectivity index (χ1n) is 4.04. The van der Waals surface area contributed by atoms with Crippen LogP contribution in [0.5, 0.6) is 0 Å². The van der Waals surface area contributed by atoms with Crippen molar-refractivity contribution in [3.05, 3.63) is 32.9 Å². The molecule has 0 saturated carbocycles. The largest absolute Gasteiger partial charge is 0.385 e. The molecule has 3 nitrogen and oxygen atoms in total. The molecule has 1 rings (SSSR count). The van der Waals surface area contributed by atoms with Crippen molar-refractivity contribution < 1.29 is 14.7 Å². The fraction of sp³-hybridized carbons (Fsp3) is 0.200. The van der Waals surface area contributed by atoms with Crippen molar-refractivity contribution in [1.82, 2.24) is 0 Å². The Morgan fingerprint density at radius 3 is 2.71 bits per heavy atom. The van der Waals surface area contributed by atoms with Crippen LogP contribution in [0, 0.1) is 3.57 Å². The Morgan fingerprint density at radius 2 is 2.21 bits per heavy atom. The fourth-order valence-electron chi connectivity index (χ4n) is 1.06. The molecule has 0 heterocycles. The lowest BCUT2D eigenvalue weighted by Gasteiger charge is -2.06. The first-order valence-corrected chi connectivity index (χ1v) is 5.11. The van der Waals surface area contributed by atoms with Crippen LogP contribution in [-0.4, -0.2) is 23.3 Å². The normalized spacial score (nSPS) is 12.2. The van der Waals surface area contributed by atoms with Gasteiger partial charge in [-0.05, 0) is 29.5 Å². The van der Waals surface area contributed by atoms with Crippen LogP contribution in [0.4, 0.5) is 0 Å². The molecule has 0 spiro atoms. The van der Waals surface area contributed by atoms with Gasteiger partial charge in [0.05, 0.1) is 0 Å². The van der Waals surface area contributed by atoms with E-state index in [0.717, 1.165) is 0 Å². The van der Waals surface area contributed by atoms with Crippen LogP contribution in [0.1, 0.15) is 27.6 Å². The highest BCUT2D eigenvalue weighted by Crippen LogP contribution is 2.17. The van der Waals surface area contributed by atoms with E-state index in [9.17, 15) is 9.59 Å². The van der Waals surface area contributed by atoms with Crippen molar-refractivity contribution in [3.8, 4) is 0 Å². The predicted octanol–water partition coefficient (Wildman–Crippen LogP) is 1.67. The maximum Gasteiger partial charge on any atom is 0.192 e. The Hall–Kier alpha value is -0.750. The summed E-state index contributed by atoms with van der Waals surface area (Å²) in [6.45, 7) is 1.41. The summed E-state index contributed by atoms with van der Waals surface area (Å²) in [5.74, 6) is -0.363. The monoisotopic (exact) mass is 304 g/mol. The second-order valence-corrected chi connectivity index (χ2v) is 3.95. The van der Waals surface area contributed by atoms with Crippen molar-refractivity contribution in [2.24, 2.45) is 0 Å². The van der Waals surface area contributed by atoms with Gasteiger partial charge in [-0.1, -0.05) is 18.2 Å². The lowest BCUT2D eigenvalue weighted by atomic mass is 10.0. The molecule has 0 saturated heterocycles. The topological polar surface area (TPSA) is 54.4 Å². The summed E-state index contributed by atoms with van der Waals surface area (Å²) < 4.78 is 0.589. The predicted molar refractivity (Wildman–Crippen MR) is 60.6 cm³/mol. The summed E-state index contributed by atoms with van der Waals surface area (Å²) in [4.78, 5) is 22.1. The molecule has 0 aliphatic heterocycles. The van der Waals surface area contributed by atoms with Gasteiger partial charge in [-0.25, -0.2) is 0 Å². The minimum atomic E-state index is -1.04. The summed E-state index contributed by atoms with van der Waals surface area (Å²) in [6.07, 6.45) is -0.342. The van der Waals surface area contributed by atoms with Gasteiger partial charge >= 0.3 is 0 Å². The van der Waals surface area contributed by atoms with E-state index >= 15 is 0 Å². The van der Waals surface area contributed by atoms with Gasteiger partial charge < -0.3 is 5.11 Å². The van der Waals surface area contributed by atoms with Crippen molar-refractivity contribution >= 4 is 34.7 Å². The summed E-state index contributed by atoms with van der Waals surface area (Å²) in [6, 6.07) is 4.86. The van der Waals surface area contributed by atoms with Crippen molar-refractivity contribution in [2.45, 2.75) is 13.0 Å². The SMILES string of the molecule is CC(O)C(=O)c1cccc(C=O)c1I. The first kappa shape index (κ1) is 11.3. The Labute approximate surface area is 95.3 Å². The molecule has 0 fully saturated rings. The van der Waals surface area contributed by atoms with Crippen LogP contribution in [0.15, 0.2) is 18.2 Å². The number of hydrogen-bond donors (Lipinski definition) is 1. The fourth-order valence-corrected chi connectivity index (χ4v) is 1.81. The first-order chi connectivity index (χ1) is 6.57. The molecule has 74 valence electrons.